The predicted octanol–water partition coefficient (Wildman–Crippen LogP) is 3.17. The number of para-hydroxylation sites is 1. The number of aromatic amines is 1. The van der Waals surface area contributed by atoms with E-state index in [1.165, 1.54) is 11.8 Å². The van der Waals surface area contributed by atoms with Crippen LogP contribution in [0.2, 0.25) is 0 Å². The van der Waals surface area contributed by atoms with Crippen molar-refractivity contribution in [2.75, 3.05) is 23.8 Å². The summed E-state index contributed by atoms with van der Waals surface area (Å²) in [7, 11) is 0. The topological polar surface area (TPSA) is 160 Å². The molecule has 48 heavy (non-hydrogen) atoms. The fourth-order valence-corrected chi connectivity index (χ4v) is 6.60. The molecule has 11 nitrogen and oxygen atoms in total. The van der Waals surface area contributed by atoms with Crippen LogP contribution in [0, 0.1) is 0 Å². The summed E-state index contributed by atoms with van der Waals surface area (Å²) < 4.78 is 0. The number of nitrogens with one attached hydrogen (secondary N) is 4. The van der Waals surface area contributed by atoms with Crippen LogP contribution in [0.15, 0.2) is 90.2 Å². The van der Waals surface area contributed by atoms with Crippen molar-refractivity contribution >= 4 is 35.2 Å². The van der Waals surface area contributed by atoms with E-state index in [2.05, 4.69) is 25.9 Å². The number of H-pyrrole nitrogens is 1. The van der Waals surface area contributed by atoms with E-state index >= 15 is 0 Å². The number of carbonyl (C=O) groups excluding carboxylic acids is 3. The number of benzene rings is 3. The summed E-state index contributed by atoms with van der Waals surface area (Å²) in [6.45, 7) is 4.15. The minimum atomic E-state index is -0.922. The Balaban J connectivity index is 1.27. The number of β-amino-alcohol motifs (C(OH)–C–C–N with tert-alkyl or cyclic N) is 1. The van der Waals surface area contributed by atoms with E-state index in [1.54, 1.807) is 17.4 Å². The van der Waals surface area contributed by atoms with Gasteiger partial charge in [0.1, 0.15) is 6.04 Å². The molecular weight excluding hydrogens is 629 g/mol. The Kier molecular flexibility index (Phi) is 11.7. The van der Waals surface area contributed by atoms with Gasteiger partial charge in [-0.25, -0.2) is 4.98 Å². The van der Waals surface area contributed by atoms with Gasteiger partial charge in [0.15, 0.2) is 0 Å². The second-order valence-electron chi connectivity index (χ2n) is 12.5. The summed E-state index contributed by atoms with van der Waals surface area (Å²) >= 11 is 1.53. The number of imidazole rings is 1. The Bertz CT molecular complexity index is 1700. The number of nitrogens with zero attached hydrogens (tertiary/aromatic N) is 2. The number of amides is 3. The van der Waals surface area contributed by atoms with E-state index in [1.807, 2.05) is 86.6 Å². The summed E-state index contributed by atoms with van der Waals surface area (Å²) in [6.07, 6.45) is 2.58. The molecule has 3 aromatic carbocycles. The molecule has 6 N–H and O–H groups in total. The molecule has 1 aromatic heterocycles. The maximum atomic E-state index is 14.0. The highest BCUT2D eigenvalue weighted by molar-refractivity contribution is 7.99. The van der Waals surface area contributed by atoms with Gasteiger partial charge in [-0.1, -0.05) is 60.7 Å². The number of hydrogen-bond acceptors (Lipinski definition) is 8. The van der Waals surface area contributed by atoms with Crippen molar-refractivity contribution in [3.05, 3.63) is 102 Å². The lowest BCUT2D eigenvalue weighted by Crippen LogP contribution is -2.52. The maximum Gasteiger partial charge on any atom is 0.250 e. The van der Waals surface area contributed by atoms with Crippen molar-refractivity contribution in [2.24, 2.45) is 0 Å². The number of hydrogen-bond donors (Lipinski definition) is 6. The third-order valence-corrected chi connectivity index (χ3v) is 9.25. The minimum Gasteiger partial charge on any atom is -0.394 e. The number of fused-ring (bicyclic) bond motifs is 1. The predicted molar refractivity (Wildman–Crippen MR) is 186 cm³/mol. The molecule has 252 valence electrons. The second-order valence-corrected chi connectivity index (χ2v) is 13.5. The van der Waals surface area contributed by atoms with Crippen molar-refractivity contribution in [3.8, 4) is 11.1 Å². The Morgan fingerprint density at radius 1 is 1.06 bits per heavy atom. The van der Waals surface area contributed by atoms with Crippen molar-refractivity contribution in [1.29, 1.82) is 0 Å². The average Bonchev–Trinajstić information content (AvgIpc) is 3.56. The maximum absolute atomic E-state index is 14.0. The van der Waals surface area contributed by atoms with Crippen LogP contribution in [0.3, 0.4) is 0 Å². The monoisotopic (exact) mass is 670 g/mol. The number of carbonyl (C=O) groups is 3. The van der Waals surface area contributed by atoms with Crippen LogP contribution in [0.1, 0.15) is 37.1 Å². The summed E-state index contributed by atoms with van der Waals surface area (Å²) in [5.41, 5.74) is 4.80. The molecule has 0 saturated heterocycles. The molecule has 0 aliphatic carbocycles. The summed E-state index contributed by atoms with van der Waals surface area (Å²) in [5, 5.41) is 27.8. The van der Waals surface area contributed by atoms with Crippen LogP contribution in [0.25, 0.3) is 11.1 Å². The molecule has 12 heteroatoms. The molecule has 0 unspecified atom stereocenters. The van der Waals surface area contributed by atoms with Gasteiger partial charge in [0.05, 0.1) is 37.7 Å². The number of aliphatic hydroxyl groups is 2. The smallest absolute Gasteiger partial charge is 0.250 e. The first-order chi connectivity index (χ1) is 23.1. The van der Waals surface area contributed by atoms with Gasteiger partial charge in [-0.05, 0) is 48.2 Å². The van der Waals surface area contributed by atoms with Gasteiger partial charge in [-0.3, -0.25) is 14.4 Å². The lowest BCUT2D eigenvalue weighted by atomic mass is 9.98. The summed E-state index contributed by atoms with van der Waals surface area (Å²) in [4.78, 5) is 49.2. The normalized spacial score (nSPS) is 15.4. The van der Waals surface area contributed by atoms with Gasteiger partial charge >= 0.3 is 0 Å². The first-order valence-corrected chi connectivity index (χ1v) is 16.9. The number of anilines is 1. The molecule has 1 aliphatic rings. The molecule has 4 aromatic rings. The van der Waals surface area contributed by atoms with E-state index in [4.69, 9.17) is 5.11 Å². The zero-order chi connectivity index (χ0) is 34.1. The standard InChI is InChI=1S/C36H42N6O5S/c1-36(2,40-19-28(44)21-43)16-34(46)41-30-22-48-32-10-6-5-9-31(32)42(35(30)47)20-24-11-13-25(14-12-24)29-8-4-3-7-26(29)17-38-33(45)15-27-18-37-23-39-27/h3-14,18,23,28,30,40,43-44H,15-17,19-22H2,1-2H3,(H,37,39)(H,38,45)(H,41,46)/t28-,30+/m0/s1. The van der Waals surface area contributed by atoms with Crippen LogP contribution < -0.4 is 20.9 Å². The highest BCUT2D eigenvalue weighted by Crippen LogP contribution is 2.35. The van der Waals surface area contributed by atoms with Gasteiger partial charge in [0.25, 0.3) is 5.91 Å². The Hall–Kier alpha value is -4.49. The molecule has 2 heterocycles. The minimum absolute atomic E-state index is 0.0867. The highest BCUT2D eigenvalue weighted by atomic mass is 32.2. The molecular formula is C36H42N6O5S. The molecule has 0 fully saturated rings. The van der Waals surface area contributed by atoms with E-state index in [0.717, 1.165) is 38.5 Å². The molecule has 0 radical (unpaired) electrons. The number of thioether (sulfide) groups is 1. The molecule has 3 amide bonds. The summed E-state index contributed by atoms with van der Waals surface area (Å²) in [5.74, 6) is -0.180. The summed E-state index contributed by atoms with van der Waals surface area (Å²) in [6, 6.07) is 23.0. The number of rotatable bonds is 14. The fraction of sp³-hybridized carbons (Fsp3) is 0.333. The highest BCUT2D eigenvalue weighted by Gasteiger charge is 2.33. The van der Waals surface area contributed by atoms with Crippen molar-refractivity contribution in [3.63, 3.8) is 0 Å². The lowest BCUT2D eigenvalue weighted by molar-refractivity contribution is -0.128. The zero-order valence-corrected chi connectivity index (χ0v) is 27.9. The van der Waals surface area contributed by atoms with Crippen LogP contribution >= 0.6 is 11.8 Å². The van der Waals surface area contributed by atoms with Crippen LogP contribution in [0.4, 0.5) is 5.69 Å². The largest absolute Gasteiger partial charge is 0.394 e. The number of aromatic nitrogens is 2. The third-order valence-electron chi connectivity index (χ3n) is 8.10. The van der Waals surface area contributed by atoms with Crippen LogP contribution in [-0.2, 0) is 33.9 Å². The fourth-order valence-electron chi connectivity index (χ4n) is 5.53. The van der Waals surface area contributed by atoms with E-state index in [9.17, 15) is 19.5 Å². The Labute approximate surface area is 284 Å². The van der Waals surface area contributed by atoms with Crippen molar-refractivity contribution < 1.29 is 24.6 Å². The van der Waals surface area contributed by atoms with Gasteiger partial charge in [-0.15, -0.1) is 11.8 Å². The molecule has 5 rings (SSSR count). The molecule has 0 spiro atoms. The average molecular weight is 671 g/mol. The van der Waals surface area contributed by atoms with Gasteiger partial charge in [0, 0.05) is 47.6 Å². The van der Waals surface area contributed by atoms with Crippen molar-refractivity contribution in [2.45, 2.75) is 62.4 Å². The SMILES string of the molecule is CC(C)(CC(=O)N[C@@H]1CSc2ccccc2N(Cc2ccc(-c3ccccc3CNC(=O)Cc3cnc[nH]3)cc2)C1=O)NC[C@H](O)CO. The zero-order valence-electron chi connectivity index (χ0n) is 27.1. The second kappa shape index (κ2) is 16.1. The first kappa shape index (κ1) is 34.8. The molecule has 2 atom stereocenters. The van der Waals surface area contributed by atoms with Crippen molar-refractivity contribution in [1.82, 2.24) is 25.9 Å². The van der Waals surface area contributed by atoms with E-state index in [0.29, 0.717) is 18.8 Å². The third kappa shape index (κ3) is 9.32. The molecule has 1 aliphatic heterocycles. The van der Waals surface area contributed by atoms with Crippen LogP contribution in [-0.4, -0.2) is 74.5 Å². The first-order valence-electron chi connectivity index (χ1n) is 15.9. The van der Waals surface area contributed by atoms with Gasteiger partial charge < -0.3 is 36.0 Å². The lowest BCUT2D eigenvalue weighted by Gasteiger charge is -2.29. The van der Waals surface area contributed by atoms with E-state index in [-0.39, 0.29) is 43.7 Å². The number of aliphatic hydroxyl groups excluding tert-OH is 2. The van der Waals surface area contributed by atoms with Gasteiger partial charge in [0.2, 0.25) is 11.8 Å². The Morgan fingerprint density at radius 3 is 2.56 bits per heavy atom. The molecule has 0 bridgehead atoms. The quantitative estimate of drug-likeness (QED) is 0.119. The Morgan fingerprint density at radius 2 is 1.81 bits per heavy atom. The van der Waals surface area contributed by atoms with Gasteiger partial charge in [-0.2, -0.15) is 0 Å². The molecule has 0 saturated carbocycles. The van der Waals surface area contributed by atoms with Crippen LogP contribution in [0.5, 0.6) is 0 Å². The van der Waals surface area contributed by atoms with E-state index < -0.39 is 17.7 Å².